The average molecular weight is 322 g/mol. The van der Waals surface area contributed by atoms with Crippen molar-refractivity contribution in [1.29, 1.82) is 0 Å². The van der Waals surface area contributed by atoms with E-state index in [4.69, 9.17) is 4.42 Å². The van der Waals surface area contributed by atoms with Crippen molar-refractivity contribution in [1.82, 2.24) is 19.9 Å². The zero-order valence-corrected chi connectivity index (χ0v) is 13.5. The van der Waals surface area contributed by atoms with Crippen molar-refractivity contribution in [2.24, 2.45) is 0 Å². The Labute approximate surface area is 139 Å². The third-order valence-corrected chi connectivity index (χ3v) is 4.34. The van der Waals surface area contributed by atoms with Crippen molar-refractivity contribution in [3.05, 3.63) is 53.9 Å². The molecule has 6 nitrogen and oxygen atoms in total. The standard InChI is InChI=1S/C18H18N4O2/c1-12-9-19-10-15(20-12)18(23)22-8-4-5-13(11-22)17-21-14-6-2-3-7-16(14)24-17/h2-3,6-7,9-10,13H,4-5,8,11H2,1H3. The molecule has 6 heteroatoms. The molecule has 3 aromatic rings. The number of para-hydroxylation sites is 2. The monoisotopic (exact) mass is 322 g/mol. The van der Waals surface area contributed by atoms with Crippen molar-refractivity contribution < 1.29 is 9.21 Å². The summed E-state index contributed by atoms with van der Waals surface area (Å²) in [6.45, 7) is 3.16. The summed E-state index contributed by atoms with van der Waals surface area (Å²) in [4.78, 5) is 27.4. The lowest BCUT2D eigenvalue weighted by Gasteiger charge is -2.31. The van der Waals surface area contributed by atoms with Gasteiger partial charge in [0, 0.05) is 19.3 Å². The Balaban J connectivity index is 1.56. The van der Waals surface area contributed by atoms with E-state index in [-0.39, 0.29) is 11.8 Å². The Morgan fingerprint density at radius 2 is 2.12 bits per heavy atom. The smallest absolute Gasteiger partial charge is 0.274 e. The maximum Gasteiger partial charge on any atom is 0.274 e. The highest BCUT2D eigenvalue weighted by Gasteiger charge is 2.29. The van der Waals surface area contributed by atoms with Crippen LogP contribution in [0.4, 0.5) is 0 Å². The largest absolute Gasteiger partial charge is 0.440 e. The minimum atomic E-state index is -0.0768. The van der Waals surface area contributed by atoms with Crippen molar-refractivity contribution in [2.75, 3.05) is 13.1 Å². The SMILES string of the molecule is Cc1cncc(C(=O)N2CCCC(c3nc4ccccc4o3)C2)n1. The summed E-state index contributed by atoms with van der Waals surface area (Å²) in [6, 6.07) is 7.74. The number of fused-ring (bicyclic) bond motifs is 1. The number of likely N-dealkylation sites (tertiary alicyclic amines) is 1. The summed E-state index contributed by atoms with van der Waals surface area (Å²) in [6.07, 6.45) is 5.07. The summed E-state index contributed by atoms with van der Waals surface area (Å²) in [5.41, 5.74) is 2.79. The molecular formula is C18H18N4O2. The van der Waals surface area contributed by atoms with Crippen molar-refractivity contribution in [3.63, 3.8) is 0 Å². The van der Waals surface area contributed by atoms with Crippen LogP contribution in [0, 0.1) is 6.92 Å². The minimum Gasteiger partial charge on any atom is -0.440 e. The van der Waals surface area contributed by atoms with Crippen LogP contribution in [0.3, 0.4) is 0 Å². The Morgan fingerprint density at radius 1 is 1.25 bits per heavy atom. The lowest BCUT2D eigenvalue weighted by molar-refractivity contribution is 0.0692. The molecule has 1 fully saturated rings. The molecule has 0 bridgehead atoms. The van der Waals surface area contributed by atoms with Gasteiger partial charge in [-0.25, -0.2) is 9.97 Å². The average Bonchev–Trinajstić information content (AvgIpc) is 3.05. The van der Waals surface area contributed by atoms with Gasteiger partial charge in [-0.15, -0.1) is 0 Å². The summed E-state index contributed by atoms with van der Waals surface area (Å²) >= 11 is 0. The zero-order chi connectivity index (χ0) is 16.5. The number of benzene rings is 1. The van der Waals surface area contributed by atoms with E-state index in [0.717, 1.165) is 36.2 Å². The third-order valence-electron chi connectivity index (χ3n) is 4.34. The predicted molar refractivity (Wildman–Crippen MR) is 88.7 cm³/mol. The van der Waals surface area contributed by atoms with Gasteiger partial charge in [-0.05, 0) is 31.9 Å². The van der Waals surface area contributed by atoms with Crippen LogP contribution in [-0.2, 0) is 0 Å². The summed E-state index contributed by atoms with van der Waals surface area (Å²) in [5, 5.41) is 0. The Bertz CT molecular complexity index is 856. The fourth-order valence-electron chi connectivity index (χ4n) is 3.16. The van der Waals surface area contributed by atoms with Crippen LogP contribution in [0.25, 0.3) is 11.1 Å². The Morgan fingerprint density at radius 3 is 2.96 bits per heavy atom. The number of carbonyl (C=O) groups excluding carboxylic acids is 1. The van der Waals surface area contributed by atoms with Crippen LogP contribution in [0.2, 0.25) is 0 Å². The van der Waals surface area contributed by atoms with Gasteiger partial charge in [0.15, 0.2) is 11.5 Å². The second kappa shape index (κ2) is 6.03. The number of oxazole rings is 1. The third kappa shape index (κ3) is 2.75. The summed E-state index contributed by atoms with van der Waals surface area (Å²) in [7, 11) is 0. The van der Waals surface area contributed by atoms with Crippen LogP contribution < -0.4 is 0 Å². The fourth-order valence-corrected chi connectivity index (χ4v) is 3.16. The number of aromatic nitrogens is 3. The highest BCUT2D eigenvalue weighted by molar-refractivity contribution is 5.92. The van der Waals surface area contributed by atoms with E-state index in [2.05, 4.69) is 15.0 Å². The van der Waals surface area contributed by atoms with Gasteiger partial charge in [0.2, 0.25) is 0 Å². The number of carbonyl (C=O) groups is 1. The molecule has 1 saturated heterocycles. The normalized spacial score (nSPS) is 18.0. The van der Waals surface area contributed by atoms with Gasteiger partial charge in [-0.1, -0.05) is 12.1 Å². The zero-order valence-electron chi connectivity index (χ0n) is 13.5. The first-order valence-electron chi connectivity index (χ1n) is 8.14. The number of hydrogen-bond acceptors (Lipinski definition) is 5. The minimum absolute atomic E-state index is 0.0768. The molecule has 0 saturated carbocycles. The number of amides is 1. The maximum absolute atomic E-state index is 12.7. The van der Waals surface area contributed by atoms with Gasteiger partial charge in [0.05, 0.1) is 17.8 Å². The fraction of sp³-hybridized carbons (Fsp3) is 0.333. The van der Waals surface area contributed by atoms with E-state index in [9.17, 15) is 4.79 Å². The van der Waals surface area contributed by atoms with E-state index in [1.54, 1.807) is 6.20 Å². The number of nitrogens with zero attached hydrogens (tertiary/aromatic N) is 4. The first-order chi connectivity index (χ1) is 11.7. The number of rotatable bonds is 2. The maximum atomic E-state index is 12.7. The van der Waals surface area contributed by atoms with Gasteiger partial charge >= 0.3 is 0 Å². The molecule has 1 unspecified atom stereocenters. The van der Waals surface area contributed by atoms with Crippen molar-refractivity contribution in [3.8, 4) is 0 Å². The topological polar surface area (TPSA) is 72.1 Å². The molecule has 3 heterocycles. The van der Waals surface area contributed by atoms with Gasteiger partial charge in [0.25, 0.3) is 5.91 Å². The Kier molecular flexibility index (Phi) is 3.72. The lowest BCUT2D eigenvalue weighted by Crippen LogP contribution is -2.39. The molecule has 122 valence electrons. The first kappa shape index (κ1) is 14.8. The second-order valence-electron chi connectivity index (χ2n) is 6.16. The molecule has 2 aromatic heterocycles. The van der Waals surface area contributed by atoms with E-state index in [1.807, 2.05) is 36.1 Å². The first-order valence-corrected chi connectivity index (χ1v) is 8.14. The molecule has 24 heavy (non-hydrogen) atoms. The van der Waals surface area contributed by atoms with Crippen LogP contribution >= 0.6 is 0 Å². The van der Waals surface area contributed by atoms with E-state index >= 15 is 0 Å². The molecule has 1 aliphatic rings. The quantitative estimate of drug-likeness (QED) is 0.725. The number of aryl methyl sites for hydroxylation is 1. The molecule has 0 aliphatic carbocycles. The highest BCUT2D eigenvalue weighted by Crippen LogP contribution is 2.29. The van der Waals surface area contributed by atoms with E-state index < -0.39 is 0 Å². The molecule has 1 aromatic carbocycles. The van der Waals surface area contributed by atoms with E-state index in [0.29, 0.717) is 18.1 Å². The van der Waals surface area contributed by atoms with Crippen LogP contribution in [-0.4, -0.2) is 38.8 Å². The van der Waals surface area contributed by atoms with Crippen molar-refractivity contribution in [2.45, 2.75) is 25.7 Å². The molecule has 1 atom stereocenters. The van der Waals surface area contributed by atoms with Crippen molar-refractivity contribution >= 4 is 17.0 Å². The predicted octanol–water partition coefficient (Wildman–Crippen LogP) is 2.95. The molecule has 1 amide bonds. The van der Waals surface area contributed by atoms with Crippen LogP contribution in [0.15, 0.2) is 41.1 Å². The second-order valence-corrected chi connectivity index (χ2v) is 6.16. The van der Waals surface area contributed by atoms with Crippen LogP contribution in [0.5, 0.6) is 0 Å². The molecule has 0 spiro atoms. The van der Waals surface area contributed by atoms with Gasteiger partial charge in [0.1, 0.15) is 11.2 Å². The van der Waals surface area contributed by atoms with Gasteiger partial charge in [-0.2, -0.15) is 0 Å². The molecule has 0 radical (unpaired) electrons. The highest BCUT2D eigenvalue weighted by atomic mass is 16.3. The Hall–Kier alpha value is -2.76. The molecule has 1 aliphatic heterocycles. The molecular weight excluding hydrogens is 304 g/mol. The van der Waals surface area contributed by atoms with Crippen LogP contribution in [0.1, 0.15) is 40.8 Å². The number of piperidine rings is 1. The summed E-state index contributed by atoms with van der Waals surface area (Å²) in [5.74, 6) is 0.754. The van der Waals surface area contributed by atoms with Gasteiger partial charge in [-0.3, -0.25) is 9.78 Å². The van der Waals surface area contributed by atoms with E-state index in [1.165, 1.54) is 6.20 Å². The molecule has 0 N–H and O–H groups in total. The lowest BCUT2D eigenvalue weighted by atomic mass is 9.97. The molecule has 4 rings (SSSR count). The van der Waals surface area contributed by atoms with Gasteiger partial charge < -0.3 is 9.32 Å². The summed E-state index contributed by atoms with van der Waals surface area (Å²) < 4.78 is 5.88. The number of hydrogen-bond donors (Lipinski definition) is 0.